The summed E-state index contributed by atoms with van der Waals surface area (Å²) in [6, 6.07) is -0.571. The minimum atomic E-state index is -0.566. The average Bonchev–Trinajstić information content (AvgIpc) is 3.61. The van der Waals surface area contributed by atoms with Crippen LogP contribution in [0.2, 0.25) is 0 Å². The van der Waals surface area contributed by atoms with Gasteiger partial charge in [-0.1, -0.05) is 6.92 Å². The first-order valence-corrected chi connectivity index (χ1v) is 12.7. The number of amides is 2. The number of rotatable bonds is 13. The van der Waals surface area contributed by atoms with Crippen molar-refractivity contribution in [3.8, 4) is 12.3 Å². The second kappa shape index (κ2) is 10.1. The molecule has 10 nitrogen and oxygen atoms in total. The van der Waals surface area contributed by atoms with Crippen molar-refractivity contribution in [1.29, 1.82) is 0 Å². The number of imidazole rings is 1. The molecule has 2 amide bonds. The number of aryl methyl sites for hydroxylation is 1. The fourth-order valence-corrected chi connectivity index (χ4v) is 5.43. The lowest BCUT2D eigenvalue weighted by Gasteiger charge is -2.35. The second-order valence-corrected chi connectivity index (χ2v) is 10.1. The number of aromatic nitrogens is 2. The normalized spacial score (nSPS) is 26.3. The number of hydrogen-bond donors (Lipinski definition) is 1. The SMILES string of the molecule is C#CCCC1(CCC(=O)N(Cc2nccn2CCC)C(C(=O)NC2COC2)C2C3COCC32)N=N1. The summed E-state index contributed by atoms with van der Waals surface area (Å²) in [7, 11) is 0. The van der Waals surface area contributed by atoms with E-state index in [-0.39, 0.29) is 36.7 Å². The maximum absolute atomic E-state index is 13.8. The van der Waals surface area contributed by atoms with Gasteiger partial charge in [0.2, 0.25) is 11.8 Å². The van der Waals surface area contributed by atoms with Gasteiger partial charge in [0.1, 0.15) is 11.9 Å². The smallest absolute Gasteiger partial charge is 0.243 e. The predicted octanol–water partition coefficient (Wildman–Crippen LogP) is 1.75. The molecule has 1 aromatic rings. The molecular formula is C25H34N6O4. The lowest BCUT2D eigenvalue weighted by molar-refractivity contribution is -0.145. The third-order valence-electron chi connectivity index (χ3n) is 7.66. The monoisotopic (exact) mass is 482 g/mol. The molecule has 1 aromatic heterocycles. The second-order valence-electron chi connectivity index (χ2n) is 10.1. The van der Waals surface area contributed by atoms with Crippen LogP contribution in [0, 0.1) is 30.1 Å². The predicted molar refractivity (Wildman–Crippen MR) is 126 cm³/mol. The number of carbonyl (C=O) groups is 2. The van der Waals surface area contributed by atoms with Crippen LogP contribution < -0.4 is 5.32 Å². The van der Waals surface area contributed by atoms with Gasteiger partial charge < -0.3 is 24.3 Å². The summed E-state index contributed by atoms with van der Waals surface area (Å²) < 4.78 is 12.9. The first kappa shape index (κ1) is 23.9. The Morgan fingerprint density at radius 3 is 2.63 bits per heavy atom. The summed E-state index contributed by atoms with van der Waals surface area (Å²) in [5, 5.41) is 11.5. The zero-order chi connectivity index (χ0) is 24.4. The Morgan fingerprint density at radius 2 is 2.00 bits per heavy atom. The van der Waals surface area contributed by atoms with Crippen LogP contribution in [0.25, 0.3) is 0 Å². The van der Waals surface area contributed by atoms with E-state index in [0.29, 0.717) is 57.5 Å². The van der Waals surface area contributed by atoms with Crippen molar-refractivity contribution >= 4 is 11.8 Å². The Bertz CT molecular complexity index is 996. The molecule has 1 N–H and O–H groups in total. The fourth-order valence-electron chi connectivity index (χ4n) is 5.43. The Labute approximate surface area is 205 Å². The van der Waals surface area contributed by atoms with Gasteiger partial charge >= 0.3 is 0 Å². The quantitative estimate of drug-likeness (QED) is 0.431. The van der Waals surface area contributed by atoms with Crippen molar-refractivity contribution in [3.05, 3.63) is 18.2 Å². The third kappa shape index (κ3) is 5.11. The summed E-state index contributed by atoms with van der Waals surface area (Å²) in [6.45, 7) is 5.50. The van der Waals surface area contributed by atoms with E-state index in [0.717, 1.165) is 18.8 Å². The highest BCUT2D eigenvalue weighted by atomic mass is 16.5. The summed E-state index contributed by atoms with van der Waals surface area (Å²) in [6.07, 6.45) is 12.0. The Balaban J connectivity index is 1.37. The topological polar surface area (TPSA) is 110 Å². The van der Waals surface area contributed by atoms with Crippen LogP contribution in [-0.2, 0) is 32.2 Å². The maximum atomic E-state index is 13.8. The molecule has 4 heterocycles. The number of ether oxygens (including phenoxy) is 2. The largest absolute Gasteiger partial charge is 0.381 e. The molecule has 1 saturated carbocycles. The molecule has 1 aliphatic carbocycles. The molecule has 0 spiro atoms. The van der Waals surface area contributed by atoms with Crippen LogP contribution in [0.3, 0.4) is 0 Å². The van der Waals surface area contributed by atoms with Crippen molar-refractivity contribution < 1.29 is 19.1 Å². The Hall–Kier alpha value is -2.77. The molecule has 35 heavy (non-hydrogen) atoms. The molecule has 2 saturated heterocycles. The molecule has 10 heteroatoms. The van der Waals surface area contributed by atoms with E-state index in [2.05, 4.69) is 37.9 Å². The van der Waals surface area contributed by atoms with Crippen molar-refractivity contribution in [2.45, 2.75) is 69.9 Å². The highest BCUT2D eigenvalue weighted by molar-refractivity contribution is 5.88. The zero-order valence-corrected chi connectivity index (χ0v) is 20.3. The number of hydrogen-bond acceptors (Lipinski definition) is 7. The number of terminal acetylenes is 1. The van der Waals surface area contributed by atoms with Gasteiger partial charge in [-0.05, 0) is 24.2 Å². The Morgan fingerprint density at radius 1 is 1.26 bits per heavy atom. The number of carbonyl (C=O) groups excluding carboxylic acids is 2. The molecule has 0 bridgehead atoms. The summed E-state index contributed by atoms with van der Waals surface area (Å²) >= 11 is 0. The molecule has 5 rings (SSSR count). The van der Waals surface area contributed by atoms with Gasteiger partial charge in [0, 0.05) is 44.6 Å². The molecule has 3 aliphatic heterocycles. The first-order chi connectivity index (χ1) is 17.0. The van der Waals surface area contributed by atoms with E-state index in [9.17, 15) is 9.59 Å². The van der Waals surface area contributed by atoms with Gasteiger partial charge in [0.05, 0.1) is 39.0 Å². The van der Waals surface area contributed by atoms with E-state index in [1.807, 2.05) is 6.20 Å². The van der Waals surface area contributed by atoms with Crippen molar-refractivity contribution in [2.24, 2.45) is 28.0 Å². The average molecular weight is 483 g/mol. The maximum Gasteiger partial charge on any atom is 0.243 e. The van der Waals surface area contributed by atoms with E-state index in [4.69, 9.17) is 15.9 Å². The lowest BCUT2D eigenvalue weighted by Crippen LogP contribution is -2.57. The number of fused-ring (bicyclic) bond motifs is 1. The van der Waals surface area contributed by atoms with Gasteiger partial charge in [0.15, 0.2) is 5.66 Å². The standard InChI is InChI=1S/C25H34N6O4/c1-3-5-7-25(28-29-25)8-6-21(32)31(12-20-26-9-11-30(20)10-4-2)23(22-18-15-35-16-19(18)22)24(33)27-17-13-34-14-17/h1,9,11,17-19,22-23H,4-8,10,12-16H2,2H3,(H,27,33). The van der Waals surface area contributed by atoms with E-state index in [1.165, 1.54) is 0 Å². The molecule has 0 radical (unpaired) electrons. The summed E-state index contributed by atoms with van der Waals surface area (Å²) in [5.41, 5.74) is -0.542. The van der Waals surface area contributed by atoms with Crippen molar-refractivity contribution in [2.75, 3.05) is 26.4 Å². The number of nitrogens with one attached hydrogen (secondary N) is 1. The van der Waals surface area contributed by atoms with Crippen molar-refractivity contribution in [1.82, 2.24) is 19.8 Å². The van der Waals surface area contributed by atoms with E-state index in [1.54, 1.807) is 11.1 Å². The molecule has 3 fully saturated rings. The van der Waals surface area contributed by atoms with E-state index >= 15 is 0 Å². The van der Waals surface area contributed by atoms with Gasteiger partial charge in [-0.25, -0.2) is 4.98 Å². The van der Waals surface area contributed by atoms with E-state index < -0.39 is 11.7 Å². The minimum absolute atomic E-state index is 0.00466. The third-order valence-corrected chi connectivity index (χ3v) is 7.66. The molecule has 188 valence electrons. The van der Waals surface area contributed by atoms with Crippen LogP contribution >= 0.6 is 0 Å². The Kier molecular flexibility index (Phi) is 6.89. The number of nitrogens with zero attached hydrogens (tertiary/aromatic N) is 5. The van der Waals surface area contributed by atoms with Crippen LogP contribution in [-0.4, -0.2) is 70.4 Å². The van der Waals surface area contributed by atoms with Crippen LogP contribution in [0.1, 0.15) is 44.9 Å². The van der Waals surface area contributed by atoms with Crippen LogP contribution in [0.5, 0.6) is 0 Å². The van der Waals surface area contributed by atoms with Gasteiger partial charge in [-0.2, -0.15) is 10.2 Å². The fraction of sp³-hybridized carbons (Fsp3) is 0.720. The molecule has 3 atom stereocenters. The van der Waals surface area contributed by atoms with Crippen LogP contribution in [0.15, 0.2) is 22.6 Å². The molecule has 4 aliphatic rings. The zero-order valence-electron chi connectivity index (χ0n) is 20.3. The van der Waals surface area contributed by atoms with Gasteiger partial charge in [-0.15, -0.1) is 12.3 Å². The van der Waals surface area contributed by atoms with Crippen molar-refractivity contribution in [3.63, 3.8) is 0 Å². The van der Waals surface area contributed by atoms with Gasteiger partial charge in [0.25, 0.3) is 0 Å². The minimum Gasteiger partial charge on any atom is -0.381 e. The van der Waals surface area contributed by atoms with Crippen LogP contribution in [0.4, 0.5) is 0 Å². The highest BCUT2D eigenvalue weighted by Gasteiger charge is 2.61. The summed E-state index contributed by atoms with van der Waals surface area (Å²) in [4.78, 5) is 33.7. The molecule has 3 unspecified atom stereocenters. The lowest BCUT2D eigenvalue weighted by atomic mass is 10.00. The first-order valence-electron chi connectivity index (χ1n) is 12.7. The molecule has 0 aromatic carbocycles. The molecular weight excluding hydrogens is 448 g/mol. The summed E-state index contributed by atoms with van der Waals surface area (Å²) in [5.74, 6) is 3.94. The highest BCUT2D eigenvalue weighted by Crippen LogP contribution is 2.54. The van der Waals surface area contributed by atoms with Gasteiger partial charge in [-0.3, -0.25) is 9.59 Å².